The van der Waals surface area contributed by atoms with E-state index >= 15 is 0 Å². The maximum atomic E-state index is 13.3. The molecule has 0 bridgehead atoms. The van der Waals surface area contributed by atoms with Crippen molar-refractivity contribution in [3.8, 4) is 0 Å². The van der Waals surface area contributed by atoms with Crippen molar-refractivity contribution in [2.75, 3.05) is 25.0 Å². The highest BCUT2D eigenvalue weighted by atomic mass is 32.2. The number of nitrogens with two attached hydrogens (primary N) is 1. The SMILES string of the molecule is CCN(CC)S(=O)(=O)c1cccc(NC(=O)C[NH2+][C@H](C)c2cccc(F)c2)c1. The average Bonchev–Trinajstić information content (AvgIpc) is 2.67. The summed E-state index contributed by atoms with van der Waals surface area (Å²) < 4.78 is 39.9. The molecule has 2 aromatic rings. The fourth-order valence-electron chi connectivity index (χ4n) is 2.87. The van der Waals surface area contributed by atoms with Crippen LogP contribution in [0.5, 0.6) is 0 Å². The normalized spacial score (nSPS) is 12.8. The minimum atomic E-state index is -3.59. The molecular weight excluding hydrogens is 381 g/mol. The zero-order chi connectivity index (χ0) is 20.7. The lowest BCUT2D eigenvalue weighted by Crippen LogP contribution is -2.86. The smallest absolute Gasteiger partial charge is 0.279 e. The van der Waals surface area contributed by atoms with Gasteiger partial charge in [0.25, 0.3) is 5.91 Å². The number of benzene rings is 2. The summed E-state index contributed by atoms with van der Waals surface area (Å²) in [6, 6.07) is 12.4. The van der Waals surface area contributed by atoms with Gasteiger partial charge in [0, 0.05) is 24.3 Å². The van der Waals surface area contributed by atoms with Crippen molar-refractivity contribution in [3.63, 3.8) is 0 Å². The minimum Gasteiger partial charge on any atom is -0.333 e. The second-order valence-electron chi connectivity index (χ2n) is 6.45. The molecule has 2 aromatic carbocycles. The molecule has 152 valence electrons. The van der Waals surface area contributed by atoms with Crippen molar-refractivity contribution in [2.45, 2.75) is 31.7 Å². The number of halogens is 1. The molecule has 0 unspecified atom stereocenters. The Balaban J connectivity index is 2.01. The van der Waals surface area contributed by atoms with Crippen molar-refractivity contribution in [1.82, 2.24) is 4.31 Å². The number of nitrogens with zero attached hydrogens (tertiary/aromatic N) is 1. The molecule has 0 aliphatic heterocycles. The van der Waals surface area contributed by atoms with E-state index in [1.807, 2.05) is 13.0 Å². The molecule has 0 saturated heterocycles. The molecule has 0 aliphatic carbocycles. The van der Waals surface area contributed by atoms with E-state index in [9.17, 15) is 17.6 Å². The van der Waals surface area contributed by atoms with Crippen LogP contribution in [0.25, 0.3) is 0 Å². The van der Waals surface area contributed by atoms with Gasteiger partial charge in [-0.25, -0.2) is 12.8 Å². The first kappa shape index (κ1) is 22.0. The third kappa shape index (κ3) is 5.60. The van der Waals surface area contributed by atoms with E-state index < -0.39 is 10.0 Å². The Kier molecular flexibility index (Phi) is 7.68. The average molecular weight is 409 g/mol. The first-order valence-corrected chi connectivity index (χ1v) is 10.7. The number of hydrogen-bond donors (Lipinski definition) is 2. The first-order valence-electron chi connectivity index (χ1n) is 9.26. The summed E-state index contributed by atoms with van der Waals surface area (Å²) in [4.78, 5) is 12.4. The number of nitrogens with one attached hydrogen (secondary N) is 1. The van der Waals surface area contributed by atoms with Crippen LogP contribution in [-0.2, 0) is 14.8 Å². The Labute approximate surface area is 165 Å². The molecule has 1 amide bonds. The number of carbonyl (C=O) groups excluding carboxylic acids is 1. The number of hydrogen-bond acceptors (Lipinski definition) is 3. The lowest BCUT2D eigenvalue weighted by Gasteiger charge is -2.18. The van der Waals surface area contributed by atoms with Crippen molar-refractivity contribution in [1.29, 1.82) is 0 Å². The van der Waals surface area contributed by atoms with Gasteiger partial charge in [-0.1, -0.05) is 32.0 Å². The van der Waals surface area contributed by atoms with Crippen LogP contribution < -0.4 is 10.6 Å². The Morgan fingerprint density at radius 3 is 2.46 bits per heavy atom. The van der Waals surface area contributed by atoms with Gasteiger partial charge in [-0.15, -0.1) is 0 Å². The largest absolute Gasteiger partial charge is 0.333 e. The highest BCUT2D eigenvalue weighted by molar-refractivity contribution is 7.89. The van der Waals surface area contributed by atoms with Gasteiger partial charge in [0.2, 0.25) is 10.0 Å². The number of carbonyl (C=O) groups is 1. The number of amides is 1. The van der Waals surface area contributed by atoms with E-state index in [2.05, 4.69) is 5.32 Å². The molecule has 0 radical (unpaired) electrons. The Morgan fingerprint density at radius 2 is 1.82 bits per heavy atom. The molecular formula is C20H27FN3O3S+. The minimum absolute atomic E-state index is 0.0872. The zero-order valence-electron chi connectivity index (χ0n) is 16.4. The van der Waals surface area contributed by atoms with Crippen LogP contribution >= 0.6 is 0 Å². The summed E-state index contributed by atoms with van der Waals surface area (Å²) in [6.45, 7) is 6.33. The van der Waals surface area contributed by atoms with E-state index in [4.69, 9.17) is 0 Å². The van der Waals surface area contributed by atoms with Gasteiger partial charge in [-0.05, 0) is 37.3 Å². The van der Waals surface area contributed by atoms with Gasteiger partial charge in [0.05, 0.1) is 4.90 Å². The summed E-state index contributed by atoms with van der Waals surface area (Å²) in [5.74, 6) is -0.575. The van der Waals surface area contributed by atoms with Crippen LogP contribution in [0.15, 0.2) is 53.4 Å². The molecule has 0 aliphatic rings. The van der Waals surface area contributed by atoms with Gasteiger partial charge >= 0.3 is 0 Å². The van der Waals surface area contributed by atoms with Crippen molar-refractivity contribution in [2.24, 2.45) is 0 Å². The van der Waals surface area contributed by atoms with Crippen LogP contribution in [0.2, 0.25) is 0 Å². The van der Waals surface area contributed by atoms with Gasteiger partial charge in [0.15, 0.2) is 6.54 Å². The van der Waals surface area contributed by atoms with Gasteiger partial charge in [-0.2, -0.15) is 4.31 Å². The third-order valence-electron chi connectivity index (χ3n) is 4.49. The van der Waals surface area contributed by atoms with Crippen LogP contribution in [0, 0.1) is 5.82 Å². The lowest BCUT2D eigenvalue weighted by molar-refractivity contribution is -0.682. The maximum absolute atomic E-state index is 13.3. The second-order valence-corrected chi connectivity index (χ2v) is 8.39. The van der Waals surface area contributed by atoms with E-state index in [1.54, 1.807) is 37.4 Å². The molecule has 0 heterocycles. The monoisotopic (exact) mass is 408 g/mol. The summed E-state index contributed by atoms with van der Waals surface area (Å²) in [7, 11) is -3.59. The van der Waals surface area contributed by atoms with E-state index in [0.717, 1.165) is 5.56 Å². The quantitative estimate of drug-likeness (QED) is 0.667. The highest BCUT2D eigenvalue weighted by Crippen LogP contribution is 2.19. The summed E-state index contributed by atoms with van der Waals surface area (Å²) >= 11 is 0. The van der Waals surface area contributed by atoms with Crippen molar-refractivity contribution in [3.05, 3.63) is 59.9 Å². The molecule has 6 nitrogen and oxygen atoms in total. The maximum Gasteiger partial charge on any atom is 0.279 e. The predicted octanol–water partition coefficient (Wildman–Crippen LogP) is 2.12. The van der Waals surface area contributed by atoms with Crippen LogP contribution in [-0.4, -0.2) is 38.3 Å². The second kappa shape index (κ2) is 9.77. The predicted molar refractivity (Wildman–Crippen MR) is 107 cm³/mol. The fourth-order valence-corrected chi connectivity index (χ4v) is 4.37. The number of rotatable bonds is 9. The van der Waals surface area contributed by atoms with Crippen LogP contribution in [0.1, 0.15) is 32.4 Å². The van der Waals surface area contributed by atoms with E-state index in [-0.39, 0.29) is 29.2 Å². The Hall–Kier alpha value is -2.29. The van der Waals surface area contributed by atoms with Crippen molar-refractivity contribution >= 4 is 21.6 Å². The van der Waals surface area contributed by atoms with E-state index in [1.165, 1.54) is 28.6 Å². The molecule has 0 fully saturated rings. The molecule has 8 heteroatoms. The Morgan fingerprint density at radius 1 is 1.14 bits per heavy atom. The van der Waals surface area contributed by atoms with E-state index in [0.29, 0.717) is 18.8 Å². The first-order chi connectivity index (χ1) is 13.3. The van der Waals surface area contributed by atoms with Crippen molar-refractivity contribution < 1.29 is 22.9 Å². The molecule has 0 aromatic heterocycles. The number of anilines is 1. The standard InChI is InChI=1S/C20H26FN3O3S/c1-4-24(5-2)28(26,27)19-11-7-10-18(13-19)23-20(25)14-22-15(3)16-8-6-9-17(21)12-16/h6-13,15,22H,4-5,14H2,1-3H3,(H,23,25)/p+1/t15-/m1/s1. The molecule has 0 saturated carbocycles. The topological polar surface area (TPSA) is 83.1 Å². The Bertz CT molecular complexity index is 914. The molecule has 0 spiro atoms. The van der Waals surface area contributed by atoms with Gasteiger partial charge in [0.1, 0.15) is 11.9 Å². The number of quaternary nitrogens is 1. The molecule has 3 N–H and O–H groups in total. The molecule has 2 rings (SSSR count). The van der Waals surface area contributed by atoms with Gasteiger partial charge < -0.3 is 10.6 Å². The summed E-state index contributed by atoms with van der Waals surface area (Å²) in [6.07, 6.45) is 0. The summed E-state index contributed by atoms with van der Waals surface area (Å²) in [5, 5.41) is 4.51. The fraction of sp³-hybridized carbons (Fsp3) is 0.350. The molecule has 1 atom stereocenters. The highest BCUT2D eigenvalue weighted by Gasteiger charge is 2.22. The summed E-state index contributed by atoms with van der Waals surface area (Å²) in [5.41, 5.74) is 1.21. The lowest BCUT2D eigenvalue weighted by atomic mass is 10.1. The number of sulfonamides is 1. The molecule has 28 heavy (non-hydrogen) atoms. The van der Waals surface area contributed by atoms with Gasteiger partial charge in [-0.3, -0.25) is 4.79 Å². The zero-order valence-corrected chi connectivity index (χ0v) is 17.2. The van der Waals surface area contributed by atoms with Crippen LogP contribution in [0.3, 0.4) is 0 Å². The third-order valence-corrected chi connectivity index (χ3v) is 6.54. The van der Waals surface area contributed by atoms with Crippen LogP contribution in [0.4, 0.5) is 10.1 Å².